The van der Waals surface area contributed by atoms with E-state index in [9.17, 15) is 24.5 Å². The Morgan fingerprint density at radius 1 is 1.16 bits per heavy atom. The lowest BCUT2D eigenvalue weighted by Gasteiger charge is -2.13. The number of hydrogen-bond acceptors (Lipinski definition) is 8. The van der Waals surface area contributed by atoms with E-state index < -0.39 is 28.6 Å². The molecule has 1 heterocycles. The quantitative estimate of drug-likeness (QED) is 0.252. The van der Waals surface area contributed by atoms with Crippen molar-refractivity contribution < 1.29 is 28.8 Å². The summed E-state index contributed by atoms with van der Waals surface area (Å²) in [7, 11) is 0. The van der Waals surface area contributed by atoms with Gasteiger partial charge in [-0.1, -0.05) is 18.2 Å². The number of nitro benzene ring substituents is 1. The molecular formula is C22H20N2O7S. The van der Waals surface area contributed by atoms with Crippen LogP contribution in [0, 0.1) is 10.1 Å². The van der Waals surface area contributed by atoms with Gasteiger partial charge in [0.25, 0.3) is 16.8 Å². The maximum atomic E-state index is 12.6. The zero-order valence-electron chi connectivity index (χ0n) is 17.3. The van der Waals surface area contributed by atoms with Crippen molar-refractivity contribution >= 4 is 40.6 Å². The van der Waals surface area contributed by atoms with Gasteiger partial charge in [0, 0.05) is 17.7 Å². The van der Waals surface area contributed by atoms with E-state index in [0.29, 0.717) is 11.3 Å². The van der Waals surface area contributed by atoms with E-state index in [0.717, 1.165) is 22.2 Å². The van der Waals surface area contributed by atoms with Crippen LogP contribution in [0.5, 0.6) is 5.75 Å². The minimum Gasteiger partial charge on any atom is -0.488 e. The topological polar surface area (TPSA) is 116 Å². The molecule has 0 bridgehead atoms. The molecule has 1 saturated heterocycles. The first-order valence-electron chi connectivity index (χ1n) is 9.64. The number of nitro groups is 1. The van der Waals surface area contributed by atoms with E-state index in [1.165, 1.54) is 18.2 Å². The molecule has 0 N–H and O–H groups in total. The van der Waals surface area contributed by atoms with Gasteiger partial charge < -0.3 is 9.47 Å². The fourth-order valence-corrected chi connectivity index (χ4v) is 3.64. The van der Waals surface area contributed by atoms with Gasteiger partial charge >= 0.3 is 5.97 Å². The number of non-ortho nitro benzene ring substituents is 1. The van der Waals surface area contributed by atoms with Crippen LogP contribution < -0.4 is 4.74 Å². The van der Waals surface area contributed by atoms with Crippen LogP contribution in [-0.4, -0.2) is 39.6 Å². The molecule has 10 heteroatoms. The first kappa shape index (κ1) is 23.0. The van der Waals surface area contributed by atoms with Gasteiger partial charge in [-0.3, -0.25) is 29.4 Å². The molecule has 0 aromatic heterocycles. The lowest BCUT2D eigenvalue weighted by atomic mass is 10.1. The molecule has 32 heavy (non-hydrogen) atoms. The number of hydrogen-bond donors (Lipinski definition) is 0. The van der Waals surface area contributed by atoms with Gasteiger partial charge in [-0.25, -0.2) is 0 Å². The number of benzene rings is 2. The lowest BCUT2D eigenvalue weighted by Crippen LogP contribution is -2.35. The van der Waals surface area contributed by atoms with Crippen LogP contribution in [-0.2, 0) is 20.9 Å². The minimum absolute atomic E-state index is 0.0119. The van der Waals surface area contributed by atoms with E-state index in [-0.39, 0.29) is 23.3 Å². The SMILES string of the molecule is CC(C)OC(=O)CN1C(=O)S/C(=C/c2ccccc2OCc2ccc([N+](=O)[O-])cc2)C1=O. The predicted molar refractivity (Wildman–Crippen MR) is 118 cm³/mol. The van der Waals surface area contributed by atoms with Crippen LogP contribution in [0.3, 0.4) is 0 Å². The second-order valence-electron chi connectivity index (χ2n) is 7.06. The zero-order chi connectivity index (χ0) is 23.3. The van der Waals surface area contributed by atoms with Crippen molar-refractivity contribution in [2.45, 2.75) is 26.6 Å². The molecule has 9 nitrogen and oxygen atoms in total. The van der Waals surface area contributed by atoms with Crippen LogP contribution in [0.2, 0.25) is 0 Å². The summed E-state index contributed by atoms with van der Waals surface area (Å²) in [5.41, 5.74) is 1.29. The molecule has 1 fully saturated rings. The highest BCUT2D eigenvalue weighted by atomic mass is 32.2. The van der Waals surface area contributed by atoms with E-state index in [4.69, 9.17) is 9.47 Å². The number of imide groups is 1. The zero-order valence-corrected chi connectivity index (χ0v) is 18.2. The first-order valence-corrected chi connectivity index (χ1v) is 10.5. The monoisotopic (exact) mass is 456 g/mol. The van der Waals surface area contributed by atoms with Crippen molar-refractivity contribution in [3.05, 3.63) is 74.7 Å². The number of esters is 1. The Balaban J connectivity index is 1.72. The Bertz CT molecular complexity index is 1080. The number of nitrogens with zero attached hydrogens (tertiary/aromatic N) is 2. The van der Waals surface area contributed by atoms with Crippen molar-refractivity contribution in [1.29, 1.82) is 0 Å². The van der Waals surface area contributed by atoms with Crippen molar-refractivity contribution in [2.75, 3.05) is 6.54 Å². The summed E-state index contributed by atoms with van der Waals surface area (Å²) >= 11 is 0.736. The van der Waals surface area contributed by atoms with E-state index >= 15 is 0 Å². The van der Waals surface area contributed by atoms with E-state index in [1.54, 1.807) is 50.2 Å². The summed E-state index contributed by atoms with van der Waals surface area (Å²) in [6, 6.07) is 12.9. The third kappa shape index (κ3) is 5.73. The van der Waals surface area contributed by atoms with Gasteiger partial charge in [-0.05, 0) is 55.4 Å². The standard InChI is InChI=1S/C22H20N2O7S/c1-14(2)31-20(25)12-23-21(26)19(32-22(23)27)11-16-5-3-4-6-18(16)30-13-15-7-9-17(10-8-15)24(28)29/h3-11,14H,12-13H2,1-2H3/b19-11+. The first-order chi connectivity index (χ1) is 15.2. The maximum Gasteiger partial charge on any atom is 0.326 e. The summed E-state index contributed by atoms with van der Waals surface area (Å²) in [5, 5.41) is 10.2. The second-order valence-corrected chi connectivity index (χ2v) is 8.05. The molecule has 2 aromatic carbocycles. The Labute approximate surface area is 188 Å². The number of carbonyl (C=O) groups excluding carboxylic acids is 3. The van der Waals surface area contributed by atoms with Crippen molar-refractivity contribution in [1.82, 2.24) is 4.90 Å². The van der Waals surface area contributed by atoms with Gasteiger partial charge in [-0.15, -0.1) is 0 Å². The van der Waals surface area contributed by atoms with Gasteiger partial charge in [0.15, 0.2) is 0 Å². The average Bonchev–Trinajstić information content (AvgIpc) is 3.00. The number of ether oxygens (including phenoxy) is 2. The highest BCUT2D eigenvalue weighted by molar-refractivity contribution is 8.18. The fraction of sp³-hybridized carbons (Fsp3) is 0.227. The van der Waals surface area contributed by atoms with Gasteiger partial charge in [0.2, 0.25) is 0 Å². The smallest absolute Gasteiger partial charge is 0.326 e. The van der Waals surface area contributed by atoms with Crippen LogP contribution in [0.1, 0.15) is 25.0 Å². The molecular weight excluding hydrogens is 436 g/mol. The molecule has 0 radical (unpaired) electrons. The fourth-order valence-electron chi connectivity index (χ4n) is 2.81. The van der Waals surface area contributed by atoms with Crippen LogP contribution in [0.25, 0.3) is 6.08 Å². The number of amides is 2. The molecule has 3 rings (SSSR count). The maximum absolute atomic E-state index is 12.6. The molecule has 0 spiro atoms. The molecule has 2 aromatic rings. The number of carbonyl (C=O) groups is 3. The third-order valence-electron chi connectivity index (χ3n) is 4.28. The number of rotatable bonds is 8. The Hall–Kier alpha value is -3.66. The minimum atomic E-state index is -0.657. The van der Waals surface area contributed by atoms with Crippen LogP contribution >= 0.6 is 11.8 Å². The normalized spacial score (nSPS) is 14.8. The highest BCUT2D eigenvalue weighted by Crippen LogP contribution is 2.34. The van der Waals surface area contributed by atoms with Gasteiger partial charge in [-0.2, -0.15) is 0 Å². The van der Waals surface area contributed by atoms with E-state index in [1.807, 2.05) is 0 Å². The molecule has 0 unspecified atom stereocenters. The molecule has 1 aliphatic heterocycles. The number of para-hydroxylation sites is 1. The van der Waals surface area contributed by atoms with Gasteiger partial charge in [0.1, 0.15) is 18.9 Å². The molecule has 0 saturated carbocycles. The Kier molecular flexibility index (Phi) is 7.26. The average molecular weight is 456 g/mol. The third-order valence-corrected chi connectivity index (χ3v) is 5.18. The van der Waals surface area contributed by atoms with Crippen LogP contribution in [0.4, 0.5) is 10.5 Å². The number of thioether (sulfide) groups is 1. The van der Waals surface area contributed by atoms with Crippen molar-refractivity contribution in [3.8, 4) is 5.75 Å². The van der Waals surface area contributed by atoms with Crippen molar-refractivity contribution in [3.63, 3.8) is 0 Å². The van der Waals surface area contributed by atoms with Crippen molar-refractivity contribution in [2.24, 2.45) is 0 Å². The van der Waals surface area contributed by atoms with Gasteiger partial charge in [0.05, 0.1) is 15.9 Å². The molecule has 166 valence electrons. The summed E-state index contributed by atoms with van der Waals surface area (Å²) < 4.78 is 10.8. The lowest BCUT2D eigenvalue weighted by molar-refractivity contribution is -0.384. The summed E-state index contributed by atoms with van der Waals surface area (Å²) in [5.74, 6) is -0.766. The largest absolute Gasteiger partial charge is 0.488 e. The summed E-state index contributed by atoms with van der Waals surface area (Å²) in [6.45, 7) is 3.07. The summed E-state index contributed by atoms with van der Waals surface area (Å²) in [4.78, 5) is 48.0. The Morgan fingerprint density at radius 2 is 1.84 bits per heavy atom. The molecule has 0 atom stereocenters. The molecule has 1 aliphatic rings. The molecule has 0 aliphatic carbocycles. The van der Waals surface area contributed by atoms with E-state index in [2.05, 4.69) is 0 Å². The van der Waals surface area contributed by atoms with Crippen LogP contribution in [0.15, 0.2) is 53.4 Å². The predicted octanol–water partition coefficient (Wildman–Crippen LogP) is 4.16. The second kappa shape index (κ2) is 10.1. The Morgan fingerprint density at radius 3 is 2.50 bits per heavy atom. The summed E-state index contributed by atoms with van der Waals surface area (Å²) in [6.07, 6.45) is 1.18. The highest BCUT2D eigenvalue weighted by Gasteiger charge is 2.37. The molecule has 2 amide bonds.